The van der Waals surface area contributed by atoms with Crippen molar-refractivity contribution in [3.63, 3.8) is 0 Å². The Morgan fingerprint density at radius 3 is 2.49 bits per heavy atom. The Morgan fingerprint density at radius 1 is 1.02 bits per heavy atom. The van der Waals surface area contributed by atoms with Crippen LogP contribution in [0.15, 0.2) is 71.5 Å². The zero-order valence-electron chi connectivity index (χ0n) is 23.2. The number of nitrogens with zero attached hydrogens (tertiary/aromatic N) is 1. The van der Waals surface area contributed by atoms with Crippen molar-refractivity contribution in [2.75, 3.05) is 19.0 Å². The molecule has 4 aromatic rings. The van der Waals surface area contributed by atoms with Crippen LogP contribution < -0.4 is 30.1 Å². The number of methoxy groups -OCH3 is 1. The molecular formula is C31H27Cl2N3O6S. The fraction of sp³-hybridized carbons (Fsp3) is 0.161. The van der Waals surface area contributed by atoms with Crippen LogP contribution in [-0.2, 0) is 27.4 Å². The van der Waals surface area contributed by atoms with E-state index in [1.165, 1.54) is 22.8 Å². The Kier molecular flexibility index (Phi) is 10.8. The highest BCUT2D eigenvalue weighted by atomic mass is 35.5. The number of hydrogen-bond donors (Lipinski definition) is 2. The van der Waals surface area contributed by atoms with E-state index in [0.29, 0.717) is 22.0 Å². The molecule has 222 valence electrons. The summed E-state index contributed by atoms with van der Waals surface area (Å²) in [5, 5.41) is 6.20. The summed E-state index contributed by atoms with van der Waals surface area (Å²) in [6.07, 6.45) is 2.81. The summed E-state index contributed by atoms with van der Waals surface area (Å²) >= 11 is 13.1. The molecule has 2 amide bonds. The van der Waals surface area contributed by atoms with Gasteiger partial charge in [-0.3, -0.25) is 19.0 Å². The molecule has 0 aliphatic heterocycles. The summed E-state index contributed by atoms with van der Waals surface area (Å²) in [6.45, 7) is 1.78. The number of anilines is 1. The van der Waals surface area contributed by atoms with Crippen molar-refractivity contribution in [3.8, 4) is 5.75 Å². The number of thiazole rings is 1. The Balaban J connectivity index is 1.59. The lowest BCUT2D eigenvalue weighted by atomic mass is 10.1. The molecule has 2 N–H and O–H groups in total. The molecule has 1 heterocycles. The monoisotopic (exact) mass is 639 g/mol. The first-order valence-electron chi connectivity index (χ1n) is 13.0. The lowest BCUT2D eigenvalue weighted by molar-refractivity contribution is -0.135. The predicted octanol–water partition coefficient (Wildman–Crippen LogP) is 3.97. The van der Waals surface area contributed by atoms with E-state index in [0.717, 1.165) is 16.9 Å². The maximum absolute atomic E-state index is 13.4. The second kappa shape index (κ2) is 14.7. The van der Waals surface area contributed by atoms with Gasteiger partial charge in [-0.05, 0) is 66.6 Å². The summed E-state index contributed by atoms with van der Waals surface area (Å²) in [4.78, 5) is 51.2. The van der Waals surface area contributed by atoms with Gasteiger partial charge in [0.1, 0.15) is 17.0 Å². The third-order valence-electron chi connectivity index (χ3n) is 6.03. The second-order valence-electron chi connectivity index (χ2n) is 9.07. The smallest absolute Gasteiger partial charge is 0.333 e. The van der Waals surface area contributed by atoms with Crippen LogP contribution in [0.2, 0.25) is 10.0 Å². The SMILES string of the molecule is CCOC(=O)/C=c1/s/c(=C\c2cccc(NC(=O)c3ccc(Cl)cc3Cl)c2)c(=O)n1CC(=O)NCc1ccc(OC)cc1. The van der Waals surface area contributed by atoms with E-state index >= 15 is 0 Å². The molecule has 43 heavy (non-hydrogen) atoms. The number of hydrogen-bond acceptors (Lipinski definition) is 7. The van der Waals surface area contributed by atoms with Crippen LogP contribution in [0, 0.1) is 0 Å². The van der Waals surface area contributed by atoms with Crippen LogP contribution >= 0.6 is 34.5 Å². The van der Waals surface area contributed by atoms with Gasteiger partial charge in [0.2, 0.25) is 5.91 Å². The maximum atomic E-state index is 13.4. The number of rotatable bonds is 10. The highest BCUT2D eigenvalue weighted by Gasteiger charge is 2.13. The molecule has 0 aliphatic rings. The molecule has 4 rings (SSSR count). The van der Waals surface area contributed by atoms with Crippen LogP contribution in [0.4, 0.5) is 5.69 Å². The van der Waals surface area contributed by atoms with Gasteiger partial charge in [-0.25, -0.2) is 4.79 Å². The topological polar surface area (TPSA) is 116 Å². The van der Waals surface area contributed by atoms with Crippen molar-refractivity contribution in [2.45, 2.75) is 20.0 Å². The maximum Gasteiger partial charge on any atom is 0.333 e. The van der Waals surface area contributed by atoms with Crippen molar-refractivity contribution < 1.29 is 23.9 Å². The van der Waals surface area contributed by atoms with Gasteiger partial charge in [-0.15, -0.1) is 11.3 Å². The fourth-order valence-corrected chi connectivity index (χ4v) is 5.48. The number of nitrogens with one attached hydrogen (secondary N) is 2. The summed E-state index contributed by atoms with van der Waals surface area (Å²) in [7, 11) is 1.57. The van der Waals surface area contributed by atoms with E-state index in [9.17, 15) is 19.2 Å². The van der Waals surface area contributed by atoms with Gasteiger partial charge in [0.25, 0.3) is 11.5 Å². The van der Waals surface area contributed by atoms with Gasteiger partial charge >= 0.3 is 5.97 Å². The van der Waals surface area contributed by atoms with Gasteiger partial charge in [-0.2, -0.15) is 0 Å². The first kappa shape index (κ1) is 31.6. The van der Waals surface area contributed by atoms with E-state index < -0.39 is 23.3 Å². The summed E-state index contributed by atoms with van der Waals surface area (Å²) < 4.78 is 11.9. The van der Waals surface area contributed by atoms with Gasteiger partial charge in [0.05, 0.1) is 34.9 Å². The molecule has 0 bridgehead atoms. The highest BCUT2D eigenvalue weighted by molar-refractivity contribution is 7.07. The van der Waals surface area contributed by atoms with Gasteiger partial charge < -0.3 is 20.1 Å². The summed E-state index contributed by atoms with van der Waals surface area (Å²) in [5.41, 5.74) is 1.73. The molecule has 1 aromatic heterocycles. The number of halogens is 2. The van der Waals surface area contributed by atoms with E-state index in [1.807, 2.05) is 12.1 Å². The number of carbonyl (C=O) groups is 3. The van der Waals surface area contributed by atoms with Crippen molar-refractivity contribution in [3.05, 3.63) is 113 Å². The third-order valence-corrected chi connectivity index (χ3v) is 7.64. The Bertz CT molecular complexity index is 1830. The quantitative estimate of drug-likeness (QED) is 0.254. The average molecular weight is 641 g/mol. The first-order chi connectivity index (χ1) is 20.7. The minimum Gasteiger partial charge on any atom is -0.497 e. The van der Waals surface area contributed by atoms with E-state index in [-0.39, 0.29) is 39.5 Å². The highest BCUT2D eigenvalue weighted by Crippen LogP contribution is 2.22. The molecule has 12 heteroatoms. The number of carbonyl (C=O) groups excluding carboxylic acids is 3. The molecule has 9 nitrogen and oxygen atoms in total. The van der Waals surface area contributed by atoms with Gasteiger partial charge in [-0.1, -0.05) is 47.5 Å². The van der Waals surface area contributed by atoms with E-state index in [4.69, 9.17) is 32.7 Å². The molecule has 0 spiro atoms. The number of ether oxygens (including phenoxy) is 2. The molecular weight excluding hydrogens is 613 g/mol. The standard InChI is InChI=1S/C31H27Cl2N3O6S/c1-3-42-29(38)16-28-36(18-27(37)34-17-19-7-10-23(41-2)11-8-19)31(40)26(43-28)14-20-5-4-6-22(13-20)35-30(39)24-12-9-21(32)15-25(24)33/h4-16H,3,17-18H2,1-2H3,(H,34,37)(H,35,39)/b26-14-,28-16+. The zero-order valence-corrected chi connectivity index (χ0v) is 25.5. The number of aromatic nitrogens is 1. The van der Waals surface area contributed by atoms with Crippen LogP contribution in [-0.4, -0.2) is 36.1 Å². The lowest BCUT2D eigenvalue weighted by Gasteiger charge is -2.08. The molecule has 0 aliphatic carbocycles. The Hall–Kier alpha value is -4.38. The van der Waals surface area contributed by atoms with Crippen LogP contribution in [0.5, 0.6) is 5.75 Å². The Morgan fingerprint density at radius 2 is 1.79 bits per heavy atom. The average Bonchev–Trinajstić information content (AvgIpc) is 3.25. The van der Waals surface area contributed by atoms with E-state index in [1.54, 1.807) is 62.6 Å². The number of amides is 2. The van der Waals surface area contributed by atoms with Crippen molar-refractivity contribution in [1.29, 1.82) is 0 Å². The normalized spacial score (nSPS) is 11.7. The summed E-state index contributed by atoms with van der Waals surface area (Å²) in [5.74, 6) is -0.773. The minimum atomic E-state index is -0.631. The Labute approximate surface area is 261 Å². The molecule has 0 fully saturated rings. The molecule has 0 unspecified atom stereocenters. The van der Waals surface area contributed by atoms with Crippen molar-refractivity contribution in [2.24, 2.45) is 0 Å². The molecule has 0 atom stereocenters. The van der Waals surface area contributed by atoms with Gasteiger partial charge in [0, 0.05) is 17.3 Å². The number of benzene rings is 3. The number of esters is 1. The second-order valence-corrected chi connectivity index (χ2v) is 11.0. The summed E-state index contributed by atoms with van der Waals surface area (Å²) in [6, 6.07) is 18.6. The molecule has 0 saturated carbocycles. The molecule has 0 saturated heterocycles. The van der Waals surface area contributed by atoms with Crippen LogP contribution in [0.3, 0.4) is 0 Å². The fourth-order valence-electron chi connectivity index (χ4n) is 3.95. The van der Waals surface area contributed by atoms with Gasteiger partial charge in [0.15, 0.2) is 0 Å². The molecule has 0 radical (unpaired) electrons. The van der Waals surface area contributed by atoms with Crippen LogP contribution in [0.25, 0.3) is 12.2 Å². The van der Waals surface area contributed by atoms with Crippen LogP contribution in [0.1, 0.15) is 28.4 Å². The molecule has 3 aromatic carbocycles. The third kappa shape index (κ3) is 8.57. The zero-order chi connectivity index (χ0) is 30.9. The first-order valence-corrected chi connectivity index (χ1v) is 14.6. The van der Waals surface area contributed by atoms with Crippen molar-refractivity contribution >= 4 is 70.2 Å². The van der Waals surface area contributed by atoms with Crippen molar-refractivity contribution in [1.82, 2.24) is 9.88 Å². The minimum absolute atomic E-state index is 0.159. The largest absolute Gasteiger partial charge is 0.497 e. The lowest BCUT2D eigenvalue weighted by Crippen LogP contribution is -2.38. The predicted molar refractivity (Wildman–Crippen MR) is 168 cm³/mol. The van der Waals surface area contributed by atoms with E-state index in [2.05, 4.69) is 10.6 Å².